The van der Waals surface area contributed by atoms with E-state index >= 15 is 0 Å². The lowest BCUT2D eigenvalue weighted by molar-refractivity contribution is -0.119. The molecule has 1 amide bonds. The molecule has 1 aliphatic rings. The second-order valence-electron chi connectivity index (χ2n) is 5.63. The van der Waals surface area contributed by atoms with Crippen LogP contribution >= 0.6 is 0 Å². The molecule has 0 saturated heterocycles. The summed E-state index contributed by atoms with van der Waals surface area (Å²) in [6, 6.07) is 12.8. The van der Waals surface area contributed by atoms with Gasteiger partial charge in [-0.3, -0.25) is 4.79 Å². The molecule has 116 valence electrons. The van der Waals surface area contributed by atoms with Gasteiger partial charge in [-0.2, -0.15) is 5.26 Å². The van der Waals surface area contributed by atoms with Crippen LogP contribution in [0.15, 0.2) is 42.5 Å². The number of nitriles is 1. The monoisotopic (exact) mass is 309 g/mol. The molecule has 1 atom stereocenters. The Morgan fingerprint density at radius 3 is 2.74 bits per heavy atom. The molecular formula is C18H16FN3O. The van der Waals surface area contributed by atoms with E-state index in [9.17, 15) is 9.18 Å². The van der Waals surface area contributed by atoms with Crippen LogP contribution in [0.25, 0.3) is 0 Å². The molecule has 4 nitrogen and oxygen atoms in total. The van der Waals surface area contributed by atoms with Crippen molar-refractivity contribution in [1.82, 2.24) is 0 Å². The SMILES string of the molecule is N#Cc1ccc(C[C@H](N)C(=O)N2CCc3ccc(F)cc32)cc1. The third-order valence-corrected chi connectivity index (χ3v) is 4.06. The molecule has 0 spiro atoms. The van der Waals surface area contributed by atoms with Gasteiger partial charge < -0.3 is 10.6 Å². The minimum Gasteiger partial charge on any atom is -0.320 e. The zero-order valence-corrected chi connectivity index (χ0v) is 12.5. The first-order chi connectivity index (χ1) is 11.1. The van der Waals surface area contributed by atoms with E-state index in [1.165, 1.54) is 12.1 Å². The zero-order valence-electron chi connectivity index (χ0n) is 12.5. The molecule has 2 N–H and O–H groups in total. The zero-order chi connectivity index (χ0) is 16.4. The number of carbonyl (C=O) groups excluding carboxylic acids is 1. The van der Waals surface area contributed by atoms with Crippen LogP contribution in [0.1, 0.15) is 16.7 Å². The molecule has 23 heavy (non-hydrogen) atoms. The molecule has 1 aliphatic heterocycles. The van der Waals surface area contributed by atoms with Crippen molar-refractivity contribution in [2.75, 3.05) is 11.4 Å². The number of hydrogen-bond donors (Lipinski definition) is 1. The van der Waals surface area contributed by atoms with Crippen LogP contribution in [-0.4, -0.2) is 18.5 Å². The molecule has 0 aliphatic carbocycles. The van der Waals surface area contributed by atoms with Gasteiger partial charge in [-0.1, -0.05) is 18.2 Å². The summed E-state index contributed by atoms with van der Waals surface area (Å²) in [6.07, 6.45) is 1.09. The minimum absolute atomic E-state index is 0.210. The van der Waals surface area contributed by atoms with Crippen molar-refractivity contribution in [2.45, 2.75) is 18.9 Å². The fourth-order valence-electron chi connectivity index (χ4n) is 2.84. The van der Waals surface area contributed by atoms with E-state index in [1.54, 1.807) is 35.2 Å². The van der Waals surface area contributed by atoms with Crippen molar-refractivity contribution in [3.8, 4) is 6.07 Å². The third-order valence-electron chi connectivity index (χ3n) is 4.06. The van der Waals surface area contributed by atoms with Gasteiger partial charge in [0.1, 0.15) is 5.82 Å². The first-order valence-electron chi connectivity index (χ1n) is 7.43. The Labute approximate surface area is 133 Å². The summed E-state index contributed by atoms with van der Waals surface area (Å²) in [5, 5.41) is 8.79. The Morgan fingerprint density at radius 2 is 2.04 bits per heavy atom. The quantitative estimate of drug-likeness (QED) is 0.944. The fraction of sp³-hybridized carbons (Fsp3) is 0.222. The van der Waals surface area contributed by atoms with Crippen molar-refractivity contribution >= 4 is 11.6 Å². The number of halogens is 1. The number of rotatable bonds is 3. The topological polar surface area (TPSA) is 70.1 Å². The maximum absolute atomic E-state index is 13.4. The van der Waals surface area contributed by atoms with E-state index in [1.807, 2.05) is 6.07 Å². The maximum Gasteiger partial charge on any atom is 0.244 e. The Hall–Kier alpha value is -2.71. The highest BCUT2D eigenvalue weighted by atomic mass is 19.1. The molecule has 2 aromatic carbocycles. The Bertz CT molecular complexity index is 780. The number of amides is 1. The van der Waals surface area contributed by atoms with Gasteiger partial charge in [0.2, 0.25) is 5.91 Å². The molecule has 0 fully saturated rings. The molecule has 0 radical (unpaired) electrons. The van der Waals surface area contributed by atoms with Gasteiger partial charge >= 0.3 is 0 Å². The number of hydrogen-bond acceptors (Lipinski definition) is 3. The fourth-order valence-corrected chi connectivity index (χ4v) is 2.84. The van der Waals surface area contributed by atoms with E-state index in [-0.39, 0.29) is 11.7 Å². The minimum atomic E-state index is -0.697. The Balaban J connectivity index is 1.73. The molecule has 0 aromatic heterocycles. The normalized spacial score (nSPS) is 14.2. The molecule has 0 bridgehead atoms. The summed E-state index contributed by atoms with van der Waals surface area (Å²) in [5.41, 5.74) is 9.08. The van der Waals surface area contributed by atoms with Crippen molar-refractivity contribution in [3.05, 3.63) is 65.0 Å². The summed E-state index contributed by atoms with van der Waals surface area (Å²) < 4.78 is 13.4. The molecule has 0 saturated carbocycles. The van der Waals surface area contributed by atoms with E-state index in [0.717, 1.165) is 11.1 Å². The first kappa shape index (κ1) is 15.2. The highest BCUT2D eigenvalue weighted by Gasteiger charge is 2.28. The van der Waals surface area contributed by atoms with Crippen molar-refractivity contribution in [1.29, 1.82) is 5.26 Å². The van der Waals surface area contributed by atoms with Crippen LogP contribution in [0, 0.1) is 17.1 Å². The number of benzene rings is 2. The number of fused-ring (bicyclic) bond motifs is 1. The van der Waals surface area contributed by atoms with E-state index in [2.05, 4.69) is 0 Å². The summed E-state index contributed by atoms with van der Waals surface area (Å²) in [5.74, 6) is -0.567. The van der Waals surface area contributed by atoms with Crippen molar-refractivity contribution in [2.24, 2.45) is 5.73 Å². The summed E-state index contributed by atoms with van der Waals surface area (Å²) in [4.78, 5) is 14.1. The Kier molecular flexibility index (Phi) is 4.09. The number of nitrogens with zero attached hydrogens (tertiary/aromatic N) is 2. The van der Waals surface area contributed by atoms with Gasteiger partial charge in [0, 0.05) is 12.2 Å². The van der Waals surface area contributed by atoms with Gasteiger partial charge in [0.15, 0.2) is 0 Å². The predicted octanol–water partition coefficient (Wildman–Crippen LogP) is 2.16. The van der Waals surface area contributed by atoms with Crippen molar-refractivity contribution < 1.29 is 9.18 Å². The largest absolute Gasteiger partial charge is 0.320 e. The maximum atomic E-state index is 13.4. The van der Waals surface area contributed by atoms with Crippen molar-refractivity contribution in [3.63, 3.8) is 0 Å². The van der Waals surface area contributed by atoms with Crippen LogP contribution in [0.5, 0.6) is 0 Å². The molecule has 3 rings (SSSR count). The molecule has 1 heterocycles. The van der Waals surface area contributed by atoms with Gasteiger partial charge in [0.05, 0.1) is 17.7 Å². The Morgan fingerprint density at radius 1 is 1.30 bits per heavy atom. The smallest absolute Gasteiger partial charge is 0.244 e. The average molecular weight is 309 g/mol. The number of anilines is 1. The first-order valence-corrected chi connectivity index (χ1v) is 7.43. The van der Waals surface area contributed by atoms with Crippen LogP contribution in [-0.2, 0) is 17.6 Å². The lowest BCUT2D eigenvalue weighted by Crippen LogP contribution is -2.44. The molecule has 2 aromatic rings. The van der Waals surface area contributed by atoms with Gasteiger partial charge in [0.25, 0.3) is 0 Å². The number of carbonyl (C=O) groups is 1. The summed E-state index contributed by atoms with van der Waals surface area (Å²) in [6.45, 7) is 0.526. The molecule has 5 heteroatoms. The highest BCUT2D eigenvalue weighted by molar-refractivity contribution is 5.99. The lowest BCUT2D eigenvalue weighted by atomic mass is 10.0. The summed E-state index contributed by atoms with van der Waals surface area (Å²) in [7, 11) is 0. The van der Waals surface area contributed by atoms with Crippen LogP contribution < -0.4 is 10.6 Å². The lowest BCUT2D eigenvalue weighted by Gasteiger charge is -2.21. The van der Waals surface area contributed by atoms with Gasteiger partial charge in [-0.15, -0.1) is 0 Å². The van der Waals surface area contributed by atoms with Gasteiger partial charge in [-0.25, -0.2) is 4.39 Å². The standard InChI is InChI=1S/C18H16FN3O/c19-15-6-5-14-7-8-22(17(14)10-15)18(23)16(21)9-12-1-3-13(11-20)4-2-12/h1-6,10,16H,7-9,21H2/t16-/m0/s1. The van der Waals surface area contributed by atoms with Crippen LogP contribution in [0.2, 0.25) is 0 Å². The third kappa shape index (κ3) is 3.08. The highest BCUT2D eigenvalue weighted by Crippen LogP contribution is 2.29. The van der Waals surface area contributed by atoms with E-state index < -0.39 is 6.04 Å². The van der Waals surface area contributed by atoms with E-state index in [4.69, 9.17) is 11.0 Å². The van der Waals surface area contributed by atoms with Gasteiger partial charge in [-0.05, 0) is 48.2 Å². The van der Waals surface area contributed by atoms with Crippen LogP contribution in [0.3, 0.4) is 0 Å². The molecular weight excluding hydrogens is 293 g/mol. The molecule has 0 unspecified atom stereocenters. The number of nitrogens with two attached hydrogens (primary N) is 1. The van der Waals surface area contributed by atoms with Crippen LogP contribution in [0.4, 0.5) is 10.1 Å². The predicted molar refractivity (Wildman–Crippen MR) is 85.3 cm³/mol. The van der Waals surface area contributed by atoms with E-state index in [0.29, 0.717) is 30.6 Å². The average Bonchev–Trinajstić information content (AvgIpc) is 2.97. The second kappa shape index (κ2) is 6.19. The summed E-state index contributed by atoms with van der Waals surface area (Å²) >= 11 is 0. The second-order valence-corrected chi connectivity index (χ2v) is 5.63.